The monoisotopic (exact) mass is 197 g/mol. The van der Waals surface area contributed by atoms with E-state index in [1.165, 1.54) is 16.3 Å². The number of nitrogens with zero attached hydrogens (tertiary/aromatic N) is 2. The fourth-order valence-corrected chi connectivity index (χ4v) is 1.50. The van der Waals surface area contributed by atoms with Gasteiger partial charge in [-0.25, -0.2) is 4.79 Å². The second kappa shape index (κ2) is 4.71. The van der Waals surface area contributed by atoms with E-state index in [2.05, 4.69) is 10.3 Å². The summed E-state index contributed by atoms with van der Waals surface area (Å²) >= 11 is 1.34. The highest BCUT2D eigenvalue weighted by molar-refractivity contribution is 7.97. The molecule has 0 aliphatic heterocycles. The maximum atomic E-state index is 11.1. The van der Waals surface area contributed by atoms with Gasteiger partial charge in [0, 0.05) is 31.4 Å². The van der Waals surface area contributed by atoms with Gasteiger partial charge in [-0.1, -0.05) is 0 Å². The van der Waals surface area contributed by atoms with E-state index in [0.717, 1.165) is 4.90 Å². The standard InChI is InChI=1S/C8H11N3OS/c1-9-8(12)11(2)13-7-4-3-5-10-6-7/h3-6H,1-2H3,(H,9,12). The Balaban J connectivity index is 2.55. The van der Waals surface area contributed by atoms with Crippen molar-refractivity contribution in [3.05, 3.63) is 24.5 Å². The lowest BCUT2D eigenvalue weighted by Gasteiger charge is -2.13. The molecule has 0 bridgehead atoms. The molecule has 2 amide bonds. The minimum atomic E-state index is -0.131. The summed E-state index contributed by atoms with van der Waals surface area (Å²) in [7, 11) is 3.30. The van der Waals surface area contributed by atoms with Crippen molar-refractivity contribution in [1.82, 2.24) is 14.6 Å². The molecule has 1 N–H and O–H groups in total. The SMILES string of the molecule is CNC(=O)N(C)Sc1cccnc1. The number of aromatic nitrogens is 1. The number of carbonyl (C=O) groups is 1. The van der Waals surface area contributed by atoms with E-state index in [1.54, 1.807) is 26.5 Å². The maximum Gasteiger partial charge on any atom is 0.327 e. The molecule has 4 nitrogen and oxygen atoms in total. The summed E-state index contributed by atoms with van der Waals surface area (Å²) in [5.41, 5.74) is 0. The van der Waals surface area contributed by atoms with Gasteiger partial charge in [-0.05, 0) is 24.1 Å². The Bertz CT molecular complexity index is 278. The molecule has 0 aromatic carbocycles. The van der Waals surface area contributed by atoms with Crippen molar-refractivity contribution in [3.63, 3.8) is 0 Å². The molecular weight excluding hydrogens is 186 g/mol. The molecule has 13 heavy (non-hydrogen) atoms. The summed E-state index contributed by atoms with van der Waals surface area (Å²) in [6.07, 6.45) is 3.41. The van der Waals surface area contributed by atoms with Crippen LogP contribution >= 0.6 is 11.9 Å². The van der Waals surface area contributed by atoms with Crippen molar-refractivity contribution in [3.8, 4) is 0 Å². The molecule has 0 atom stereocenters. The van der Waals surface area contributed by atoms with Crippen molar-refractivity contribution >= 4 is 18.0 Å². The van der Waals surface area contributed by atoms with E-state index in [4.69, 9.17) is 0 Å². The molecule has 1 heterocycles. The average Bonchev–Trinajstić information content (AvgIpc) is 2.18. The van der Waals surface area contributed by atoms with Gasteiger partial charge in [0.15, 0.2) is 0 Å². The Morgan fingerprint density at radius 3 is 3.00 bits per heavy atom. The van der Waals surface area contributed by atoms with E-state index >= 15 is 0 Å². The van der Waals surface area contributed by atoms with Gasteiger partial charge in [0.2, 0.25) is 0 Å². The Kier molecular flexibility index (Phi) is 3.57. The number of rotatable bonds is 2. The average molecular weight is 197 g/mol. The third kappa shape index (κ3) is 2.95. The molecule has 1 rings (SSSR count). The number of urea groups is 1. The van der Waals surface area contributed by atoms with Gasteiger partial charge in [0.25, 0.3) is 0 Å². The second-order valence-corrected chi connectivity index (χ2v) is 3.53. The molecule has 0 unspecified atom stereocenters. The zero-order valence-electron chi connectivity index (χ0n) is 7.52. The molecular formula is C8H11N3OS. The first-order valence-corrected chi connectivity index (χ1v) is 4.55. The highest BCUT2D eigenvalue weighted by atomic mass is 32.2. The highest BCUT2D eigenvalue weighted by Gasteiger charge is 2.06. The highest BCUT2D eigenvalue weighted by Crippen LogP contribution is 2.18. The van der Waals surface area contributed by atoms with Crippen LogP contribution in [0.4, 0.5) is 4.79 Å². The zero-order valence-corrected chi connectivity index (χ0v) is 8.34. The van der Waals surface area contributed by atoms with Crippen molar-refractivity contribution in [2.75, 3.05) is 14.1 Å². The number of hydrogen-bond acceptors (Lipinski definition) is 3. The number of hydrogen-bond donors (Lipinski definition) is 1. The minimum absolute atomic E-state index is 0.131. The van der Waals surface area contributed by atoms with Gasteiger partial charge < -0.3 is 5.32 Å². The number of nitrogens with one attached hydrogen (secondary N) is 1. The molecule has 5 heteroatoms. The molecule has 0 spiro atoms. The van der Waals surface area contributed by atoms with E-state index in [1.807, 2.05) is 12.1 Å². The van der Waals surface area contributed by atoms with Gasteiger partial charge in [-0.15, -0.1) is 0 Å². The van der Waals surface area contributed by atoms with Crippen LogP contribution in [0, 0.1) is 0 Å². The molecule has 1 aromatic heterocycles. The van der Waals surface area contributed by atoms with Gasteiger partial charge in [-0.3, -0.25) is 9.29 Å². The van der Waals surface area contributed by atoms with Crippen LogP contribution in [0.3, 0.4) is 0 Å². The van der Waals surface area contributed by atoms with Crippen LogP contribution in [0.15, 0.2) is 29.4 Å². The van der Waals surface area contributed by atoms with Crippen LogP contribution in [-0.4, -0.2) is 29.4 Å². The van der Waals surface area contributed by atoms with Gasteiger partial charge >= 0.3 is 6.03 Å². The number of pyridine rings is 1. The lowest BCUT2D eigenvalue weighted by molar-refractivity contribution is 0.233. The van der Waals surface area contributed by atoms with Gasteiger partial charge in [0.05, 0.1) is 0 Å². The lowest BCUT2D eigenvalue weighted by Crippen LogP contribution is -2.29. The molecule has 70 valence electrons. The summed E-state index contributed by atoms with van der Waals surface area (Å²) in [5.74, 6) is 0. The quantitative estimate of drug-likeness (QED) is 0.728. The molecule has 1 aromatic rings. The fraction of sp³-hybridized carbons (Fsp3) is 0.250. The number of carbonyl (C=O) groups excluding carboxylic acids is 1. The maximum absolute atomic E-state index is 11.1. The Labute approximate surface area is 81.5 Å². The largest absolute Gasteiger partial charge is 0.340 e. The zero-order chi connectivity index (χ0) is 9.68. The fourth-order valence-electron chi connectivity index (χ4n) is 0.758. The minimum Gasteiger partial charge on any atom is -0.340 e. The first-order chi connectivity index (χ1) is 6.24. The molecule has 0 aliphatic carbocycles. The van der Waals surface area contributed by atoms with Crippen LogP contribution < -0.4 is 5.32 Å². The Morgan fingerprint density at radius 1 is 1.69 bits per heavy atom. The van der Waals surface area contributed by atoms with Crippen molar-refractivity contribution in [1.29, 1.82) is 0 Å². The topological polar surface area (TPSA) is 45.2 Å². The molecule has 0 aliphatic rings. The van der Waals surface area contributed by atoms with Gasteiger partial charge in [0.1, 0.15) is 0 Å². The first-order valence-electron chi connectivity index (χ1n) is 3.77. The summed E-state index contributed by atoms with van der Waals surface area (Å²) < 4.78 is 1.51. The predicted octanol–water partition coefficient (Wildman–Crippen LogP) is 1.36. The molecule has 0 radical (unpaired) electrons. The van der Waals surface area contributed by atoms with E-state index in [9.17, 15) is 4.79 Å². The van der Waals surface area contributed by atoms with Crippen LogP contribution in [-0.2, 0) is 0 Å². The second-order valence-electron chi connectivity index (χ2n) is 2.33. The van der Waals surface area contributed by atoms with E-state index < -0.39 is 0 Å². The van der Waals surface area contributed by atoms with Crippen LogP contribution in [0.1, 0.15) is 0 Å². The predicted molar refractivity (Wildman–Crippen MR) is 52.3 cm³/mol. The third-order valence-corrected chi connectivity index (χ3v) is 2.27. The summed E-state index contributed by atoms with van der Waals surface area (Å²) in [6, 6.07) is 3.60. The van der Waals surface area contributed by atoms with Gasteiger partial charge in [-0.2, -0.15) is 0 Å². The Morgan fingerprint density at radius 2 is 2.46 bits per heavy atom. The smallest absolute Gasteiger partial charge is 0.327 e. The normalized spacial score (nSPS) is 9.38. The van der Waals surface area contributed by atoms with Crippen LogP contribution in [0.25, 0.3) is 0 Å². The molecule has 0 saturated carbocycles. The third-order valence-electron chi connectivity index (χ3n) is 1.38. The Hall–Kier alpha value is -1.23. The lowest BCUT2D eigenvalue weighted by atomic mass is 10.5. The van der Waals surface area contributed by atoms with Crippen molar-refractivity contribution < 1.29 is 4.79 Å². The van der Waals surface area contributed by atoms with Crippen LogP contribution in [0.5, 0.6) is 0 Å². The van der Waals surface area contributed by atoms with Crippen molar-refractivity contribution in [2.45, 2.75) is 4.90 Å². The number of amides is 2. The summed E-state index contributed by atoms with van der Waals surface area (Å²) in [4.78, 5) is 16.0. The first kappa shape index (κ1) is 9.85. The van der Waals surface area contributed by atoms with Crippen molar-refractivity contribution in [2.24, 2.45) is 0 Å². The van der Waals surface area contributed by atoms with Crippen LogP contribution in [0.2, 0.25) is 0 Å². The summed E-state index contributed by atoms with van der Waals surface area (Å²) in [6.45, 7) is 0. The molecule has 0 saturated heterocycles. The van der Waals surface area contributed by atoms with E-state index in [0.29, 0.717) is 0 Å². The summed E-state index contributed by atoms with van der Waals surface area (Å²) in [5, 5.41) is 2.53. The molecule has 0 fully saturated rings. The van der Waals surface area contributed by atoms with E-state index in [-0.39, 0.29) is 6.03 Å².